The molecule has 1 aromatic rings. The van der Waals surface area contributed by atoms with Gasteiger partial charge < -0.3 is 19.9 Å². The van der Waals surface area contributed by atoms with Gasteiger partial charge in [0.15, 0.2) is 11.5 Å². The van der Waals surface area contributed by atoms with Crippen LogP contribution in [-0.4, -0.2) is 25.9 Å². The van der Waals surface area contributed by atoms with Crippen molar-refractivity contribution in [1.82, 2.24) is 0 Å². The molecular weight excluding hydrogens is 266 g/mol. The van der Waals surface area contributed by atoms with Crippen molar-refractivity contribution >= 4 is 0 Å². The standard InChI is InChI=1S/C17H27NO3/c1-3-19-16-10-7-13(12-17(16)20-4-2)15(18)9-8-14-6-5-11-21-14/h7,10,12,14-15H,3-6,8-9,11,18H2,1-2H3. The molecule has 0 radical (unpaired) electrons. The first-order valence-corrected chi connectivity index (χ1v) is 8.01. The molecule has 2 rings (SSSR count). The van der Waals surface area contributed by atoms with E-state index in [0.717, 1.165) is 36.5 Å². The van der Waals surface area contributed by atoms with E-state index in [2.05, 4.69) is 0 Å². The van der Waals surface area contributed by atoms with E-state index in [1.54, 1.807) is 0 Å². The van der Waals surface area contributed by atoms with Gasteiger partial charge in [-0.2, -0.15) is 0 Å². The number of ether oxygens (including phenoxy) is 3. The summed E-state index contributed by atoms with van der Waals surface area (Å²) in [5.74, 6) is 1.57. The maximum Gasteiger partial charge on any atom is 0.161 e. The summed E-state index contributed by atoms with van der Waals surface area (Å²) in [5, 5.41) is 0. The second kappa shape index (κ2) is 8.25. The Hall–Kier alpha value is -1.26. The number of rotatable bonds is 8. The Morgan fingerprint density at radius 3 is 2.67 bits per heavy atom. The lowest BCUT2D eigenvalue weighted by Crippen LogP contribution is -2.14. The van der Waals surface area contributed by atoms with Gasteiger partial charge in [0.05, 0.1) is 19.3 Å². The van der Waals surface area contributed by atoms with Crippen LogP contribution in [0.15, 0.2) is 18.2 Å². The smallest absolute Gasteiger partial charge is 0.161 e. The molecule has 1 heterocycles. The fourth-order valence-corrected chi connectivity index (χ4v) is 2.70. The van der Waals surface area contributed by atoms with Crippen LogP contribution in [0, 0.1) is 0 Å². The Morgan fingerprint density at radius 1 is 1.24 bits per heavy atom. The summed E-state index contributed by atoms with van der Waals surface area (Å²) in [6, 6.07) is 6.02. The molecule has 2 unspecified atom stereocenters. The topological polar surface area (TPSA) is 53.7 Å². The molecule has 0 bridgehead atoms. The van der Waals surface area contributed by atoms with Crippen LogP contribution in [0.2, 0.25) is 0 Å². The zero-order chi connectivity index (χ0) is 15.1. The predicted octanol–water partition coefficient (Wildman–Crippen LogP) is 3.44. The van der Waals surface area contributed by atoms with Gasteiger partial charge in [0.25, 0.3) is 0 Å². The third kappa shape index (κ3) is 4.61. The highest BCUT2D eigenvalue weighted by atomic mass is 16.5. The molecule has 21 heavy (non-hydrogen) atoms. The SMILES string of the molecule is CCOc1ccc(C(N)CCC2CCCO2)cc1OCC. The van der Waals surface area contributed by atoms with Crippen molar-refractivity contribution < 1.29 is 14.2 Å². The van der Waals surface area contributed by atoms with Crippen molar-refractivity contribution in [1.29, 1.82) is 0 Å². The molecule has 0 aliphatic carbocycles. The Bertz CT molecular complexity index is 430. The summed E-state index contributed by atoms with van der Waals surface area (Å²) in [6.07, 6.45) is 4.70. The summed E-state index contributed by atoms with van der Waals surface area (Å²) >= 11 is 0. The zero-order valence-electron chi connectivity index (χ0n) is 13.1. The second-order valence-electron chi connectivity index (χ2n) is 5.39. The quantitative estimate of drug-likeness (QED) is 0.797. The lowest BCUT2D eigenvalue weighted by atomic mass is 9.99. The van der Waals surface area contributed by atoms with Gasteiger partial charge in [0, 0.05) is 12.6 Å². The van der Waals surface area contributed by atoms with Crippen molar-refractivity contribution in [3.05, 3.63) is 23.8 Å². The van der Waals surface area contributed by atoms with E-state index < -0.39 is 0 Å². The Labute approximate surface area is 127 Å². The molecule has 1 saturated heterocycles. The first kappa shape index (κ1) is 16.1. The van der Waals surface area contributed by atoms with Crippen molar-refractivity contribution in [3.63, 3.8) is 0 Å². The third-order valence-corrected chi connectivity index (χ3v) is 3.82. The van der Waals surface area contributed by atoms with E-state index >= 15 is 0 Å². The van der Waals surface area contributed by atoms with Crippen molar-refractivity contribution in [2.45, 2.75) is 51.7 Å². The normalized spacial score (nSPS) is 19.5. The minimum absolute atomic E-state index is 0.0177. The molecule has 1 fully saturated rings. The summed E-state index contributed by atoms with van der Waals surface area (Å²) in [6.45, 7) is 6.09. The average molecular weight is 293 g/mol. The maximum absolute atomic E-state index is 6.31. The highest BCUT2D eigenvalue weighted by Crippen LogP contribution is 2.32. The van der Waals surface area contributed by atoms with Crippen LogP contribution in [0.4, 0.5) is 0 Å². The summed E-state index contributed by atoms with van der Waals surface area (Å²) in [7, 11) is 0. The molecule has 4 heteroatoms. The van der Waals surface area contributed by atoms with Gasteiger partial charge in [-0.25, -0.2) is 0 Å². The minimum atomic E-state index is 0.0177. The number of nitrogens with two attached hydrogens (primary N) is 1. The number of hydrogen-bond donors (Lipinski definition) is 1. The summed E-state index contributed by atoms with van der Waals surface area (Å²) in [5.41, 5.74) is 7.41. The molecule has 0 aromatic heterocycles. The number of hydrogen-bond acceptors (Lipinski definition) is 4. The average Bonchev–Trinajstić information content (AvgIpc) is 3.00. The minimum Gasteiger partial charge on any atom is -0.490 e. The van der Waals surface area contributed by atoms with Crippen LogP contribution in [0.5, 0.6) is 11.5 Å². The van der Waals surface area contributed by atoms with Gasteiger partial charge in [0.2, 0.25) is 0 Å². The van der Waals surface area contributed by atoms with Crippen molar-refractivity contribution in [2.75, 3.05) is 19.8 Å². The van der Waals surface area contributed by atoms with Crippen LogP contribution < -0.4 is 15.2 Å². The molecule has 0 amide bonds. The van der Waals surface area contributed by atoms with Crippen LogP contribution in [0.25, 0.3) is 0 Å². The van der Waals surface area contributed by atoms with E-state index in [-0.39, 0.29) is 6.04 Å². The van der Waals surface area contributed by atoms with Crippen molar-refractivity contribution in [3.8, 4) is 11.5 Å². The van der Waals surface area contributed by atoms with Gasteiger partial charge >= 0.3 is 0 Å². The lowest BCUT2D eigenvalue weighted by Gasteiger charge is -2.17. The number of benzene rings is 1. The molecular formula is C17H27NO3. The van der Waals surface area contributed by atoms with E-state index in [1.165, 1.54) is 12.8 Å². The predicted molar refractivity (Wildman–Crippen MR) is 83.9 cm³/mol. The highest BCUT2D eigenvalue weighted by molar-refractivity contribution is 5.43. The van der Waals surface area contributed by atoms with Gasteiger partial charge in [-0.05, 0) is 57.2 Å². The van der Waals surface area contributed by atoms with Crippen LogP contribution in [0.1, 0.15) is 51.1 Å². The van der Waals surface area contributed by atoms with E-state index in [9.17, 15) is 0 Å². The monoisotopic (exact) mass is 293 g/mol. The molecule has 0 saturated carbocycles. The Balaban J connectivity index is 1.98. The first-order chi connectivity index (χ1) is 10.2. The van der Waals surface area contributed by atoms with E-state index in [4.69, 9.17) is 19.9 Å². The Morgan fingerprint density at radius 2 is 2.00 bits per heavy atom. The molecule has 0 spiro atoms. The second-order valence-corrected chi connectivity index (χ2v) is 5.39. The molecule has 118 valence electrons. The Kier molecular flexibility index (Phi) is 6.33. The fourth-order valence-electron chi connectivity index (χ4n) is 2.70. The zero-order valence-corrected chi connectivity index (χ0v) is 13.1. The largest absolute Gasteiger partial charge is 0.490 e. The molecule has 1 aromatic carbocycles. The van der Waals surface area contributed by atoms with Gasteiger partial charge in [-0.1, -0.05) is 6.07 Å². The molecule has 2 atom stereocenters. The maximum atomic E-state index is 6.31. The molecule has 2 N–H and O–H groups in total. The van der Waals surface area contributed by atoms with E-state index in [0.29, 0.717) is 19.3 Å². The van der Waals surface area contributed by atoms with Crippen LogP contribution >= 0.6 is 0 Å². The molecule has 4 nitrogen and oxygen atoms in total. The molecule has 1 aliphatic heterocycles. The van der Waals surface area contributed by atoms with Gasteiger partial charge in [0.1, 0.15) is 0 Å². The van der Waals surface area contributed by atoms with Gasteiger partial charge in [-0.15, -0.1) is 0 Å². The summed E-state index contributed by atoms with van der Waals surface area (Å²) < 4.78 is 16.9. The van der Waals surface area contributed by atoms with Crippen molar-refractivity contribution in [2.24, 2.45) is 5.73 Å². The van der Waals surface area contributed by atoms with Crippen LogP contribution in [0.3, 0.4) is 0 Å². The fraction of sp³-hybridized carbons (Fsp3) is 0.647. The highest BCUT2D eigenvalue weighted by Gasteiger charge is 2.18. The van der Waals surface area contributed by atoms with Gasteiger partial charge in [-0.3, -0.25) is 0 Å². The lowest BCUT2D eigenvalue weighted by molar-refractivity contribution is 0.101. The van der Waals surface area contributed by atoms with Crippen LogP contribution in [-0.2, 0) is 4.74 Å². The first-order valence-electron chi connectivity index (χ1n) is 8.01. The third-order valence-electron chi connectivity index (χ3n) is 3.82. The summed E-state index contributed by atoms with van der Waals surface area (Å²) in [4.78, 5) is 0. The van der Waals surface area contributed by atoms with E-state index in [1.807, 2.05) is 32.0 Å². The molecule has 1 aliphatic rings.